The minimum absolute atomic E-state index is 0.0286. The summed E-state index contributed by atoms with van der Waals surface area (Å²) in [4.78, 5) is 39.9. The lowest BCUT2D eigenvalue weighted by Crippen LogP contribution is -2.41. The lowest BCUT2D eigenvalue weighted by Gasteiger charge is -2.26. The smallest absolute Gasteiger partial charge is 0.338 e. The minimum atomic E-state index is -0.927. The van der Waals surface area contributed by atoms with Gasteiger partial charge >= 0.3 is 11.9 Å². The SMILES string of the molecule is CCOC(=O)C1=c2s/c(=C\c3ccc(OC)cc3)c(=O)n2C(N)=C(C(=O)OC)C1c1ccc(OC)cc1. The molecule has 37 heavy (non-hydrogen) atoms. The number of hydrogen-bond acceptors (Lipinski definition) is 9. The summed E-state index contributed by atoms with van der Waals surface area (Å²) in [7, 11) is 4.32. The van der Waals surface area contributed by atoms with Crippen LogP contribution in [0.4, 0.5) is 0 Å². The highest BCUT2D eigenvalue weighted by molar-refractivity contribution is 7.07. The third-order valence-corrected chi connectivity index (χ3v) is 7.02. The average molecular weight is 523 g/mol. The molecule has 1 aromatic heterocycles. The Hall–Kier alpha value is -4.31. The van der Waals surface area contributed by atoms with Gasteiger partial charge < -0.3 is 24.7 Å². The van der Waals surface area contributed by atoms with E-state index in [1.54, 1.807) is 68.6 Å². The van der Waals surface area contributed by atoms with E-state index in [1.165, 1.54) is 18.8 Å². The van der Waals surface area contributed by atoms with Crippen LogP contribution in [0.15, 0.2) is 58.9 Å². The number of ether oxygens (including phenoxy) is 4. The fourth-order valence-electron chi connectivity index (χ4n) is 4.15. The van der Waals surface area contributed by atoms with Gasteiger partial charge in [-0.2, -0.15) is 0 Å². The first-order chi connectivity index (χ1) is 17.8. The van der Waals surface area contributed by atoms with Crippen LogP contribution >= 0.6 is 11.3 Å². The molecule has 3 aromatic rings. The maximum absolute atomic E-state index is 13.5. The number of esters is 2. The van der Waals surface area contributed by atoms with Crippen LogP contribution in [-0.4, -0.2) is 44.4 Å². The minimum Gasteiger partial charge on any atom is -0.497 e. The number of carbonyl (C=O) groups is 2. The summed E-state index contributed by atoms with van der Waals surface area (Å²) >= 11 is 1.10. The van der Waals surface area contributed by atoms with E-state index in [9.17, 15) is 14.4 Å². The quantitative estimate of drug-likeness (QED) is 0.465. The first kappa shape index (κ1) is 25.8. The highest BCUT2D eigenvalue weighted by atomic mass is 32.1. The third-order valence-electron chi connectivity index (χ3n) is 5.91. The molecular formula is C27H26N2O7S. The lowest BCUT2D eigenvalue weighted by atomic mass is 9.83. The van der Waals surface area contributed by atoms with E-state index in [0.717, 1.165) is 16.9 Å². The Bertz CT molecular complexity index is 1550. The molecule has 10 heteroatoms. The molecule has 9 nitrogen and oxygen atoms in total. The van der Waals surface area contributed by atoms with Gasteiger partial charge in [-0.25, -0.2) is 9.59 Å². The molecule has 0 bridgehead atoms. The van der Waals surface area contributed by atoms with Crippen molar-refractivity contribution in [1.29, 1.82) is 0 Å². The van der Waals surface area contributed by atoms with Gasteiger partial charge in [0.05, 0.1) is 49.5 Å². The average Bonchev–Trinajstić information content (AvgIpc) is 3.24. The van der Waals surface area contributed by atoms with E-state index in [1.807, 2.05) is 0 Å². The van der Waals surface area contributed by atoms with Crippen LogP contribution in [0, 0.1) is 0 Å². The molecule has 1 atom stereocenters. The molecule has 0 saturated carbocycles. The zero-order valence-electron chi connectivity index (χ0n) is 20.8. The fourth-order valence-corrected chi connectivity index (χ4v) is 5.31. The van der Waals surface area contributed by atoms with Crippen LogP contribution in [0.5, 0.6) is 11.5 Å². The number of carbonyl (C=O) groups excluding carboxylic acids is 2. The summed E-state index contributed by atoms with van der Waals surface area (Å²) in [5.41, 5.74) is 7.42. The normalized spacial score (nSPS) is 15.3. The van der Waals surface area contributed by atoms with Gasteiger partial charge in [0, 0.05) is 0 Å². The standard InChI is InChI=1S/C27H26N2O7S/c1-5-36-27(32)22-20(16-8-12-18(34-3)13-9-16)21(26(31)35-4)23(28)29-24(30)19(37-25(22)29)14-15-6-10-17(33-2)11-7-15/h6-14,20H,5,28H2,1-4H3/b19-14-. The van der Waals surface area contributed by atoms with Crippen molar-refractivity contribution in [2.75, 3.05) is 27.9 Å². The Kier molecular flexibility index (Phi) is 7.49. The van der Waals surface area contributed by atoms with Crippen molar-refractivity contribution in [1.82, 2.24) is 4.57 Å². The first-order valence-electron chi connectivity index (χ1n) is 11.4. The van der Waals surface area contributed by atoms with Crippen LogP contribution < -0.4 is 30.0 Å². The van der Waals surface area contributed by atoms with E-state index in [4.69, 9.17) is 24.7 Å². The molecule has 192 valence electrons. The summed E-state index contributed by atoms with van der Waals surface area (Å²) in [5.74, 6) is -1.18. The van der Waals surface area contributed by atoms with E-state index in [-0.39, 0.29) is 28.2 Å². The monoisotopic (exact) mass is 522 g/mol. The van der Waals surface area contributed by atoms with Crippen molar-refractivity contribution < 1.29 is 28.5 Å². The molecule has 1 aliphatic rings. The summed E-state index contributed by atoms with van der Waals surface area (Å²) < 4.78 is 22.6. The van der Waals surface area contributed by atoms with E-state index < -0.39 is 23.4 Å². The topological polar surface area (TPSA) is 119 Å². The van der Waals surface area contributed by atoms with Crippen LogP contribution in [0.2, 0.25) is 0 Å². The molecule has 2 heterocycles. The first-order valence-corrected chi connectivity index (χ1v) is 12.2. The molecule has 0 aliphatic carbocycles. The van der Waals surface area contributed by atoms with Crippen LogP contribution in [-0.2, 0) is 19.1 Å². The van der Waals surface area contributed by atoms with Crippen LogP contribution in [0.25, 0.3) is 17.5 Å². The highest BCUT2D eigenvalue weighted by Crippen LogP contribution is 2.38. The van der Waals surface area contributed by atoms with Crippen molar-refractivity contribution in [2.24, 2.45) is 5.73 Å². The molecule has 1 aliphatic heterocycles. The number of nitrogens with zero attached hydrogens (tertiary/aromatic N) is 1. The van der Waals surface area contributed by atoms with Crippen molar-refractivity contribution in [2.45, 2.75) is 12.8 Å². The number of rotatable bonds is 7. The Morgan fingerprint density at radius 3 is 2.08 bits per heavy atom. The van der Waals surface area contributed by atoms with Gasteiger partial charge in [-0.15, -0.1) is 11.3 Å². The number of thiazole rings is 1. The molecule has 4 rings (SSSR count). The van der Waals surface area contributed by atoms with Gasteiger partial charge in [-0.05, 0) is 48.4 Å². The maximum Gasteiger partial charge on any atom is 0.338 e. The Labute approximate surface area is 216 Å². The molecule has 0 fully saturated rings. The second-order valence-corrected chi connectivity index (χ2v) is 8.99. The highest BCUT2D eigenvalue weighted by Gasteiger charge is 2.39. The Balaban J connectivity index is 2.07. The molecule has 0 radical (unpaired) electrons. The zero-order valence-corrected chi connectivity index (χ0v) is 21.6. The molecule has 1 unspecified atom stereocenters. The van der Waals surface area contributed by atoms with Gasteiger partial charge in [-0.3, -0.25) is 9.36 Å². The predicted octanol–water partition coefficient (Wildman–Crippen LogP) is 1.57. The molecule has 0 amide bonds. The van der Waals surface area contributed by atoms with E-state index in [2.05, 4.69) is 0 Å². The van der Waals surface area contributed by atoms with Crippen molar-refractivity contribution in [3.05, 3.63) is 84.8 Å². The summed E-state index contributed by atoms with van der Waals surface area (Å²) in [6, 6.07) is 14.0. The number of nitrogens with two attached hydrogens (primary N) is 1. The van der Waals surface area contributed by atoms with Gasteiger partial charge in [-0.1, -0.05) is 24.3 Å². The maximum atomic E-state index is 13.5. The molecule has 0 saturated heterocycles. The predicted molar refractivity (Wildman–Crippen MR) is 140 cm³/mol. The number of aromatic nitrogens is 1. The van der Waals surface area contributed by atoms with Gasteiger partial charge in [0.1, 0.15) is 22.0 Å². The number of methoxy groups -OCH3 is 3. The summed E-state index contributed by atoms with van der Waals surface area (Å²) in [6.07, 6.45) is 1.69. The van der Waals surface area contributed by atoms with Crippen molar-refractivity contribution in [3.63, 3.8) is 0 Å². The Morgan fingerprint density at radius 2 is 1.54 bits per heavy atom. The fraction of sp³-hybridized carbons (Fsp3) is 0.222. The molecule has 0 spiro atoms. The summed E-state index contributed by atoms with van der Waals surface area (Å²) in [5, 5.41) is 0. The van der Waals surface area contributed by atoms with Gasteiger partial charge in [0.2, 0.25) is 0 Å². The van der Waals surface area contributed by atoms with Gasteiger partial charge in [0.25, 0.3) is 5.56 Å². The van der Waals surface area contributed by atoms with E-state index >= 15 is 0 Å². The molecule has 2 N–H and O–H groups in total. The second-order valence-electron chi connectivity index (χ2n) is 7.96. The van der Waals surface area contributed by atoms with Crippen molar-refractivity contribution >= 4 is 40.7 Å². The largest absolute Gasteiger partial charge is 0.497 e. The number of benzene rings is 2. The van der Waals surface area contributed by atoms with Crippen molar-refractivity contribution in [3.8, 4) is 11.5 Å². The molecule has 2 aromatic carbocycles. The third kappa shape index (κ3) is 4.75. The Morgan fingerprint density at radius 1 is 0.946 bits per heavy atom. The van der Waals surface area contributed by atoms with Crippen LogP contribution in [0.3, 0.4) is 0 Å². The number of hydrogen-bond donors (Lipinski definition) is 1. The lowest BCUT2D eigenvalue weighted by molar-refractivity contribution is -0.136. The van der Waals surface area contributed by atoms with E-state index in [0.29, 0.717) is 21.6 Å². The summed E-state index contributed by atoms with van der Waals surface area (Å²) in [6.45, 7) is 1.78. The number of fused-ring (bicyclic) bond motifs is 1. The van der Waals surface area contributed by atoms with Gasteiger partial charge in [0.15, 0.2) is 0 Å². The van der Waals surface area contributed by atoms with Crippen LogP contribution in [0.1, 0.15) is 24.0 Å². The zero-order chi connectivity index (χ0) is 26.7. The molecular weight excluding hydrogens is 496 g/mol. The second kappa shape index (κ2) is 10.8.